The number of benzene rings is 1. The summed E-state index contributed by atoms with van der Waals surface area (Å²) in [5, 5.41) is 17.8. The van der Waals surface area contributed by atoms with E-state index >= 15 is 0 Å². The molecule has 0 aliphatic heterocycles. The summed E-state index contributed by atoms with van der Waals surface area (Å²) < 4.78 is 26.4. The van der Waals surface area contributed by atoms with E-state index in [0.29, 0.717) is 21.4 Å². The van der Waals surface area contributed by atoms with Gasteiger partial charge < -0.3 is 5.73 Å². The molecule has 0 bridgehead atoms. The van der Waals surface area contributed by atoms with Gasteiger partial charge in [0.15, 0.2) is 0 Å². The molecular formula is C9H8BrN5O4S2. The van der Waals surface area contributed by atoms with Gasteiger partial charge in [-0.1, -0.05) is 11.3 Å². The van der Waals surface area contributed by atoms with Gasteiger partial charge in [-0.05, 0) is 28.9 Å². The van der Waals surface area contributed by atoms with E-state index in [0.717, 1.165) is 6.07 Å². The van der Waals surface area contributed by atoms with Crippen molar-refractivity contribution in [2.45, 2.75) is 11.3 Å². The zero-order valence-electron chi connectivity index (χ0n) is 10.4. The third kappa shape index (κ3) is 3.28. The average Bonchev–Trinajstić information content (AvgIpc) is 2.79. The summed E-state index contributed by atoms with van der Waals surface area (Å²) in [6.45, 7) is 1.55. The van der Waals surface area contributed by atoms with Gasteiger partial charge in [0, 0.05) is 16.1 Å². The number of anilines is 2. The number of hydrogen-bond acceptors (Lipinski definition) is 8. The van der Waals surface area contributed by atoms with E-state index < -0.39 is 14.9 Å². The normalized spacial score (nSPS) is 11.3. The average molecular weight is 394 g/mol. The standard InChI is InChI=1S/C9H8BrN5O4S2/c1-4-2-5(10)6(3-7(4)15(16)17)14-21(18,19)9-13-12-8(11)20-9/h2-3,14H,1H3,(H2,11,12). The zero-order chi connectivity index (χ0) is 15.8. The van der Waals surface area contributed by atoms with Gasteiger partial charge >= 0.3 is 0 Å². The van der Waals surface area contributed by atoms with Crippen LogP contribution in [0.1, 0.15) is 5.56 Å². The molecule has 0 atom stereocenters. The van der Waals surface area contributed by atoms with Crippen molar-refractivity contribution in [3.05, 3.63) is 32.3 Å². The summed E-state index contributed by atoms with van der Waals surface area (Å²) in [4.78, 5) is 10.3. The molecule has 0 spiro atoms. The van der Waals surface area contributed by atoms with E-state index in [4.69, 9.17) is 5.73 Å². The molecule has 0 aliphatic carbocycles. The predicted molar refractivity (Wildman–Crippen MR) is 80.7 cm³/mol. The minimum Gasteiger partial charge on any atom is -0.374 e. The van der Waals surface area contributed by atoms with Crippen molar-refractivity contribution in [2.24, 2.45) is 0 Å². The fourth-order valence-corrected chi connectivity index (χ4v) is 4.00. The van der Waals surface area contributed by atoms with Crippen LogP contribution in [-0.2, 0) is 10.0 Å². The van der Waals surface area contributed by atoms with Crippen LogP contribution in [0.5, 0.6) is 0 Å². The van der Waals surface area contributed by atoms with E-state index in [1.807, 2.05) is 0 Å². The molecule has 0 amide bonds. The Bertz CT molecular complexity index is 820. The van der Waals surface area contributed by atoms with Crippen LogP contribution in [0, 0.1) is 17.0 Å². The van der Waals surface area contributed by atoms with E-state index in [-0.39, 0.29) is 20.8 Å². The fourth-order valence-electron chi connectivity index (χ4n) is 1.45. The first-order valence-electron chi connectivity index (χ1n) is 5.27. The SMILES string of the molecule is Cc1cc(Br)c(NS(=O)(=O)c2nnc(N)s2)cc1[N+](=O)[O-]. The lowest BCUT2D eigenvalue weighted by atomic mass is 10.2. The summed E-state index contributed by atoms with van der Waals surface area (Å²) >= 11 is 3.84. The monoisotopic (exact) mass is 393 g/mol. The number of nitrogens with zero attached hydrogens (tertiary/aromatic N) is 3. The van der Waals surface area contributed by atoms with E-state index in [1.54, 1.807) is 6.92 Å². The van der Waals surface area contributed by atoms with Crippen LogP contribution in [0.2, 0.25) is 0 Å². The molecule has 0 aliphatic rings. The molecule has 21 heavy (non-hydrogen) atoms. The molecule has 1 aromatic heterocycles. The highest BCUT2D eigenvalue weighted by Gasteiger charge is 2.23. The van der Waals surface area contributed by atoms with Gasteiger partial charge in [-0.2, -0.15) is 8.42 Å². The van der Waals surface area contributed by atoms with Crippen LogP contribution < -0.4 is 10.5 Å². The number of nitrogens with one attached hydrogen (secondary N) is 1. The van der Waals surface area contributed by atoms with Gasteiger partial charge in [-0.15, -0.1) is 10.2 Å². The number of rotatable bonds is 4. The van der Waals surface area contributed by atoms with Gasteiger partial charge in [0.2, 0.25) is 5.13 Å². The Morgan fingerprint density at radius 3 is 2.62 bits per heavy atom. The highest BCUT2D eigenvalue weighted by molar-refractivity contribution is 9.10. The van der Waals surface area contributed by atoms with Crippen LogP contribution >= 0.6 is 27.3 Å². The van der Waals surface area contributed by atoms with Gasteiger partial charge in [0.1, 0.15) is 0 Å². The summed E-state index contributed by atoms with van der Waals surface area (Å²) in [7, 11) is -4.01. The smallest absolute Gasteiger partial charge is 0.291 e. The molecule has 0 unspecified atom stereocenters. The molecule has 0 fully saturated rings. The maximum Gasteiger partial charge on any atom is 0.291 e. The van der Waals surface area contributed by atoms with Crippen molar-refractivity contribution >= 4 is 53.8 Å². The number of nitro benzene ring substituents is 1. The summed E-state index contributed by atoms with van der Waals surface area (Å²) in [5.74, 6) is 0. The van der Waals surface area contributed by atoms with Crippen molar-refractivity contribution in [3.8, 4) is 0 Å². The third-order valence-electron chi connectivity index (χ3n) is 2.38. The Morgan fingerprint density at radius 1 is 1.43 bits per heavy atom. The van der Waals surface area contributed by atoms with Crippen molar-refractivity contribution in [1.82, 2.24) is 10.2 Å². The predicted octanol–water partition coefficient (Wildman–Crippen LogP) is 1.90. The third-order valence-corrected chi connectivity index (χ3v) is 5.52. The quantitative estimate of drug-likeness (QED) is 0.596. The molecule has 12 heteroatoms. The number of hydrogen-bond donors (Lipinski definition) is 2. The Labute approximate surface area is 131 Å². The van der Waals surface area contributed by atoms with Gasteiger partial charge in [0.25, 0.3) is 20.1 Å². The minimum atomic E-state index is -4.01. The van der Waals surface area contributed by atoms with Crippen LogP contribution in [0.15, 0.2) is 20.9 Å². The van der Waals surface area contributed by atoms with Gasteiger partial charge in [0.05, 0.1) is 10.6 Å². The molecule has 0 saturated heterocycles. The Hall–Kier alpha value is -1.79. The molecule has 112 valence electrons. The van der Waals surface area contributed by atoms with Crippen molar-refractivity contribution in [2.75, 3.05) is 10.5 Å². The second kappa shape index (κ2) is 5.54. The van der Waals surface area contributed by atoms with E-state index in [1.165, 1.54) is 6.07 Å². The maximum absolute atomic E-state index is 12.1. The summed E-state index contributed by atoms with van der Waals surface area (Å²) in [6, 6.07) is 2.58. The first kappa shape index (κ1) is 15.6. The lowest BCUT2D eigenvalue weighted by molar-refractivity contribution is -0.385. The first-order valence-corrected chi connectivity index (χ1v) is 8.36. The second-order valence-electron chi connectivity index (χ2n) is 3.89. The number of sulfonamides is 1. The van der Waals surface area contributed by atoms with Gasteiger partial charge in [-0.25, -0.2) is 0 Å². The highest BCUT2D eigenvalue weighted by atomic mass is 79.9. The maximum atomic E-state index is 12.1. The lowest BCUT2D eigenvalue weighted by Crippen LogP contribution is -2.13. The summed E-state index contributed by atoms with van der Waals surface area (Å²) in [5.41, 5.74) is 5.56. The van der Waals surface area contributed by atoms with Crippen molar-refractivity contribution < 1.29 is 13.3 Å². The van der Waals surface area contributed by atoms with Crippen molar-refractivity contribution in [1.29, 1.82) is 0 Å². The molecule has 1 heterocycles. The van der Waals surface area contributed by atoms with E-state index in [9.17, 15) is 18.5 Å². The van der Waals surface area contributed by atoms with E-state index in [2.05, 4.69) is 30.8 Å². The molecule has 2 aromatic rings. The number of nitrogen functional groups attached to an aromatic ring is 1. The lowest BCUT2D eigenvalue weighted by Gasteiger charge is -2.08. The molecule has 2 rings (SSSR count). The largest absolute Gasteiger partial charge is 0.374 e. The number of aryl methyl sites for hydroxylation is 1. The zero-order valence-corrected chi connectivity index (χ0v) is 13.6. The Kier molecular flexibility index (Phi) is 4.11. The van der Waals surface area contributed by atoms with Gasteiger partial charge in [-0.3, -0.25) is 14.8 Å². The second-order valence-corrected chi connectivity index (χ2v) is 7.61. The minimum absolute atomic E-state index is 0.00401. The molecule has 3 N–H and O–H groups in total. The first-order chi connectivity index (χ1) is 9.70. The molecule has 1 aromatic carbocycles. The molecule has 0 radical (unpaired) electrons. The van der Waals surface area contributed by atoms with Crippen LogP contribution in [0.3, 0.4) is 0 Å². The number of nitro groups is 1. The molecular weight excluding hydrogens is 386 g/mol. The number of halogens is 1. The van der Waals surface area contributed by atoms with Crippen molar-refractivity contribution in [3.63, 3.8) is 0 Å². The number of aromatic nitrogens is 2. The number of nitrogens with two attached hydrogens (primary N) is 1. The topological polar surface area (TPSA) is 141 Å². The molecule has 9 nitrogen and oxygen atoms in total. The van der Waals surface area contributed by atoms with Crippen LogP contribution in [0.25, 0.3) is 0 Å². The fraction of sp³-hybridized carbons (Fsp3) is 0.111. The molecule has 0 saturated carbocycles. The van der Waals surface area contributed by atoms with Crippen LogP contribution in [0.4, 0.5) is 16.5 Å². The highest BCUT2D eigenvalue weighted by Crippen LogP contribution is 2.32. The van der Waals surface area contributed by atoms with Crippen LogP contribution in [-0.4, -0.2) is 23.5 Å². The Balaban J connectivity index is 2.44. The summed E-state index contributed by atoms with van der Waals surface area (Å²) in [6.07, 6.45) is 0. The Morgan fingerprint density at radius 2 is 2.10 bits per heavy atom.